The first-order valence-corrected chi connectivity index (χ1v) is 10.9. The Morgan fingerprint density at radius 2 is 1.81 bits per heavy atom. The van der Waals surface area contributed by atoms with Crippen molar-refractivity contribution < 1.29 is 0 Å². The summed E-state index contributed by atoms with van der Waals surface area (Å²) in [5.74, 6) is 0.763. The first kappa shape index (κ1) is 19.9. The molecule has 0 N–H and O–H groups in total. The SMILES string of the molecule is Cc1ccccc1-n1ncc(CN2CCc3nc(-c4ccc(Cl)cc4)ncc3C2)c1C. The number of para-hydroxylation sites is 1. The van der Waals surface area contributed by atoms with Gasteiger partial charge in [-0.15, -0.1) is 0 Å². The number of rotatable bonds is 4. The average molecular weight is 430 g/mol. The van der Waals surface area contributed by atoms with E-state index in [2.05, 4.69) is 53.1 Å². The molecule has 0 aliphatic carbocycles. The number of halogens is 1. The Labute approximate surface area is 187 Å². The molecular weight excluding hydrogens is 406 g/mol. The van der Waals surface area contributed by atoms with Gasteiger partial charge < -0.3 is 0 Å². The Morgan fingerprint density at radius 3 is 2.61 bits per heavy atom. The monoisotopic (exact) mass is 429 g/mol. The lowest BCUT2D eigenvalue weighted by atomic mass is 10.1. The number of aromatic nitrogens is 4. The summed E-state index contributed by atoms with van der Waals surface area (Å²) in [6.07, 6.45) is 4.89. The van der Waals surface area contributed by atoms with Crippen molar-refractivity contribution >= 4 is 11.6 Å². The Balaban J connectivity index is 1.33. The molecule has 3 heterocycles. The molecule has 0 atom stereocenters. The number of aryl methyl sites for hydroxylation is 1. The Morgan fingerprint density at radius 1 is 1.00 bits per heavy atom. The highest BCUT2D eigenvalue weighted by Crippen LogP contribution is 2.24. The van der Waals surface area contributed by atoms with Gasteiger partial charge in [0.15, 0.2) is 5.82 Å². The van der Waals surface area contributed by atoms with Gasteiger partial charge in [-0.3, -0.25) is 4.90 Å². The molecular formula is C25H24ClN5. The van der Waals surface area contributed by atoms with E-state index in [0.717, 1.165) is 53.8 Å². The van der Waals surface area contributed by atoms with Crippen molar-refractivity contribution in [2.45, 2.75) is 33.4 Å². The van der Waals surface area contributed by atoms with E-state index in [4.69, 9.17) is 16.6 Å². The summed E-state index contributed by atoms with van der Waals surface area (Å²) in [7, 11) is 0. The zero-order valence-corrected chi connectivity index (χ0v) is 18.5. The maximum atomic E-state index is 6.00. The van der Waals surface area contributed by atoms with Gasteiger partial charge in [0.2, 0.25) is 0 Å². The van der Waals surface area contributed by atoms with Crippen LogP contribution in [0.3, 0.4) is 0 Å². The third kappa shape index (κ3) is 3.99. The summed E-state index contributed by atoms with van der Waals surface area (Å²) in [6.45, 7) is 6.96. The molecule has 2 aromatic heterocycles. The van der Waals surface area contributed by atoms with Gasteiger partial charge in [0.1, 0.15) is 0 Å². The van der Waals surface area contributed by atoms with Crippen LogP contribution in [0.2, 0.25) is 5.02 Å². The molecule has 0 bridgehead atoms. The van der Waals surface area contributed by atoms with Crippen LogP contribution in [-0.2, 0) is 19.5 Å². The fourth-order valence-corrected chi connectivity index (χ4v) is 4.26. The molecule has 4 aromatic rings. The molecule has 0 saturated heterocycles. The molecule has 5 rings (SSSR count). The van der Waals surface area contributed by atoms with Crippen LogP contribution in [-0.4, -0.2) is 31.2 Å². The normalized spacial score (nSPS) is 13.9. The maximum Gasteiger partial charge on any atom is 0.159 e. The molecule has 0 radical (unpaired) electrons. The van der Waals surface area contributed by atoms with Gasteiger partial charge >= 0.3 is 0 Å². The molecule has 0 unspecified atom stereocenters. The fourth-order valence-electron chi connectivity index (χ4n) is 4.13. The first-order valence-electron chi connectivity index (χ1n) is 10.5. The third-order valence-electron chi connectivity index (χ3n) is 5.96. The lowest BCUT2D eigenvalue weighted by molar-refractivity contribution is 0.242. The largest absolute Gasteiger partial charge is 0.294 e. The molecule has 5 nitrogen and oxygen atoms in total. The molecule has 31 heavy (non-hydrogen) atoms. The average Bonchev–Trinajstić information content (AvgIpc) is 3.14. The zero-order chi connectivity index (χ0) is 21.4. The molecule has 1 aliphatic rings. The van der Waals surface area contributed by atoms with E-state index in [-0.39, 0.29) is 0 Å². The fraction of sp³-hybridized carbons (Fsp3) is 0.240. The van der Waals surface area contributed by atoms with Crippen LogP contribution in [0.4, 0.5) is 0 Å². The number of benzene rings is 2. The van der Waals surface area contributed by atoms with Crippen molar-refractivity contribution in [1.82, 2.24) is 24.6 Å². The quantitative estimate of drug-likeness (QED) is 0.449. The van der Waals surface area contributed by atoms with Crippen molar-refractivity contribution in [2.24, 2.45) is 0 Å². The smallest absolute Gasteiger partial charge is 0.159 e. The van der Waals surface area contributed by atoms with Crippen LogP contribution in [0.1, 0.15) is 28.1 Å². The summed E-state index contributed by atoms with van der Waals surface area (Å²) < 4.78 is 2.05. The predicted octanol–water partition coefficient (Wildman–Crippen LogP) is 5.16. The highest BCUT2D eigenvalue weighted by molar-refractivity contribution is 6.30. The van der Waals surface area contributed by atoms with E-state index in [9.17, 15) is 0 Å². The lowest BCUT2D eigenvalue weighted by Crippen LogP contribution is -2.31. The minimum Gasteiger partial charge on any atom is -0.294 e. The second-order valence-electron chi connectivity index (χ2n) is 8.09. The van der Waals surface area contributed by atoms with Crippen LogP contribution >= 0.6 is 11.6 Å². The van der Waals surface area contributed by atoms with Crippen LogP contribution in [0.15, 0.2) is 60.9 Å². The summed E-state index contributed by atoms with van der Waals surface area (Å²) in [5.41, 5.74) is 8.14. The van der Waals surface area contributed by atoms with Gasteiger partial charge in [-0.05, 0) is 49.7 Å². The lowest BCUT2D eigenvalue weighted by Gasteiger charge is -2.28. The van der Waals surface area contributed by atoms with Crippen LogP contribution < -0.4 is 0 Å². The van der Waals surface area contributed by atoms with Gasteiger partial charge in [-0.2, -0.15) is 5.10 Å². The summed E-state index contributed by atoms with van der Waals surface area (Å²) in [5, 5.41) is 5.38. The summed E-state index contributed by atoms with van der Waals surface area (Å²) in [4.78, 5) is 11.9. The second-order valence-corrected chi connectivity index (χ2v) is 8.52. The van der Waals surface area contributed by atoms with Crippen molar-refractivity contribution in [3.63, 3.8) is 0 Å². The molecule has 1 aliphatic heterocycles. The molecule has 6 heteroatoms. The third-order valence-corrected chi connectivity index (χ3v) is 6.22. The first-order chi connectivity index (χ1) is 15.1. The molecule has 2 aromatic carbocycles. The van der Waals surface area contributed by atoms with E-state index < -0.39 is 0 Å². The van der Waals surface area contributed by atoms with Gasteiger partial charge in [-0.25, -0.2) is 14.6 Å². The highest BCUT2D eigenvalue weighted by Gasteiger charge is 2.21. The minimum atomic E-state index is 0.721. The number of hydrogen-bond acceptors (Lipinski definition) is 4. The Bertz CT molecular complexity index is 1230. The van der Waals surface area contributed by atoms with E-state index in [1.165, 1.54) is 22.4 Å². The van der Waals surface area contributed by atoms with Gasteiger partial charge in [0.05, 0.1) is 17.6 Å². The van der Waals surface area contributed by atoms with Crippen molar-refractivity contribution in [1.29, 1.82) is 0 Å². The highest BCUT2D eigenvalue weighted by atomic mass is 35.5. The standard InChI is InChI=1S/C25H24ClN5/c1-17-5-3-4-6-24(17)31-18(2)20(14-28-31)15-30-12-11-23-21(16-30)13-27-25(29-23)19-7-9-22(26)10-8-19/h3-10,13-14H,11-12,15-16H2,1-2H3. The van der Waals surface area contributed by atoms with Crippen LogP contribution in [0.5, 0.6) is 0 Å². The van der Waals surface area contributed by atoms with Crippen LogP contribution in [0, 0.1) is 13.8 Å². The van der Waals surface area contributed by atoms with E-state index in [0.29, 0.717) is 0 Å². The molecule has 0 spiro atoms. The van der Waals surface area contributed by atoms with Crippen LogP contribution in [0.25, 0.3) is 17.1 Å². The summed E-state index contributed by atoms with van der Waals surface area (Å²) >= 11 is 6.00. The minimum absolute atomic E-state index is 0.721. The number of nitrogens with zero attached hydrogens (tertiary/aromatic N) is 5. The van der Waals surface area contributed by atoms with E-state index in [1.54, 1.807) is 0 Å². The van der Waals surface area contributed by atoms with E-state index >= 15 is 0 Å². The van der Waals surface area contributed by atoms with Gasteiger partial charge in [-0.1, -0.05) is 29.8 Å². The van der Waals surface area contributed by atoms with Crippen molar-refractivity contribution in [3.8, 4) is 17.1 Å². The number of fused-ring (bicyclic) bond motifs is 1. The number of hydrogen-bond donors (Lipinski definition) is 0. The zero-order valence-electron chi connectivity index (χ0n) is 17.7. The van der Waals surface area contributed by atoms with E-state index in [1.807, 2.05) is 41.3 Å². The van der Waals surface area contributed by atoms with Crippen molar-refractivity contribution in [2.75, 3.05) is 6.54 Å². The van der Waals surface area contributed by atoms with Gasteiger partial charge in [0.25, 0.3) is 0 Å². The second kappa shape index (κ2) is 8.25. The Hall–Kier alpha value is -3.02. The molecule has 156 valence electrons. The summed E-state index contributed by atoms with van der Waals surface area (Å²) in [6, 6.07) is 16.0. The van der Waals surface area contributed by atoms with Gasteiger partial charge in [0, 0.05) is 59.7 Å². The van der Waals surface area contributed by atoms with Crippen molar-refractivity contribution in [3.05, 3.63) is 94.0 Å². The predicted molar refractivity (Wildman–Crippen MR) is 123 cm³/mol. The maximum absolute atomic E-state index is 6.00. The molecule has 0 saturated carbocycles. The molecule has 0 fully saturated rings. The topological polar surface area (TPSA) is 46.8 Å². The Kier molecular flexibility index (Phi) is 5.30. The molecule has 0 amide bonds.